The number of carbonyl (C=O) groups excluding carboxylic acids is 2. The molecule has 0 spiro atoms. The van der Waals surface area contributed by atoms with Crippen LogP contribution in [0.25, 0.3) is 0 Å². The number of benzene rings is 2. The number of hydrogen-bond donors (Lipinski definition) is 4. The molecule has 38 heavy (non-hydrogen) atoms. The average Bonchev–Trinajstić information content (AvgIpc) is 3.58. The lowest BCUT2D eigenvalue weighted by Crippen LogP contribution is -2.66. The van der Waals surface area contributed by atoms with E-state index >= 15 is 0 Å². The number of nitrogens with two attached hydrogens (primary N) is 1. The molecule has 2 heterocycles. The predicted octanol–water partition coefficient (Wildman–Crippen LogP) is 3.21. The molecule has 3 aromatic rings. The van der Waals surface area contributed by atoms with E-state index in [0.29, 0.717) is 29.3 Å². The first-order chi connectivity index (χ1) is 18.2. The summed E-state index contributed by atoms with van der Waals surface area (Å²) >= 11 is 1.25. The first-order valence-electron chi connectivity index (χ1n) is 12.3. The van der Waals surface area contributed by atoms with Gasteiger partial charge in [0.25, 0.3) is 5.91 Å². The first-order valence-corrected chi connectivity index (χ1v) is 13.1. The molecule has 0 bridgehead atoms. The van der Waals surface area contributed by atoms with Crippen LogP contribution in [-0.2, 0) is 14.4 Å². The highest BCUT2D eigenvalue weighted by molar-refractivity contribution is 7.18. The lowest BCUT2D eigenvalue weighted by atomic mass is 9.88. The SMILES string of the molecule is CN(C(=O)CC(c1ccccc1)c1ccccc1)C(=O)[C@@]1(NCC(=O)O)CCCN1c1ccc(C(=N)N)s1. The number of imide groups is 1. The van der Waals surface area contributed by atoms with Crippen molar-refractivity contribution in [1.82, 2.24) is 10.2 Å². The van der Waals surface area contributed by atoms with Crippen molar-refractivity contribution >= 4 is 40.0 Å². The van der Waals surface area contributed by atoms with Crippen LogP contribution in [0.3, 0.4) is 0 Å². The highest BCUT2D eigenvalue weighted by atomic mass is 32.1. The van der Waals surface area contributed by atoms with Gasteiger partial charge in [0.15, 0.2) is 5.66 Å². The lowest BCUT2D eigenvalue weighted by Gasteiger charge is -2.40. The van der Waals surface area contributed by atoms with Crippen LogP contribution in [0.15, 0.2) is 72.8 Å². The van der Waals surface area contributed by atoms with Crippen LogP contribution in [0, 0.1) is 5.41 Å². The number of amidine groups is 1. The Morgan fingerprint density at radius 3 is 2.21 bits per heavy atom. The second-order valence-corrected chi connectivity index (χ2v) is 10.3. The third-order valence-electron chi connectivity index (χ3n) is 6.85. The number of anilines is 1. The summed E-state index contributed by atoms with van der Waals surface area (Å²) in [5.41, 5.74) is 6.15. The number of nitrogens with one attached hydrogen (secondary N) is 2. The van der Waals surface area contributed by atoms with Crippen LogP contribution >= 0.6 is 11.3 Å². The van der Waals surface area contributed by atoms with Crippen LogP contribution in [0.5, 0.6) is 0 Å². The first kappa shape index (κ1) is 27.0. The van der Waals surface area contributed by atoms with Crippen molar-refractivity contribution in [3.63, 3.8) is 0 Å². The van der Waals surface area contributed by atoms with E-state index in [1.165, 1.54) is 18.4 Å². The molecule has 1 saturated heterocycles. The Morgan fingerprint density at radius 1 is 1.08 bits per heavy atom. The van der Waals surface area contributed by atoms with Gasteiger partial charge in [0.1, 0.15) is 5.84 Å². The fourth-order valence-electron chi connectivity index (χ4n) is 4.94. The third kappa shape index (κ3) is 5.61. The monoisotopic (exact) mass is 533 g/mol. The Kier molecular flexibility index (Phi) is 8.23. The fraction of sp³-hybridized carbons (Fsp3) is 0.286. The van der Waals surface area contributed by atoms with Gasteiger partial charge in [-0.1, -0.05) is 60.7 Å². The highest BCUT2D eigenvalue weighted by Crippen LogP contribution is 2.38. The van der Waals surface area contributed by atoms with Gasteiger partial charge in [0.05, 0.1) is 16.4 Å². The van der Waals surface area contributed by atoms with Gasteiger partial charge in [-0.2, -0.15) is 0 Å². The van der Waals surface area contributed by atoms with Crippen LogP contribution in [0.2, 0.25) is 0 Å². The van der Waals surface area contributed by atoms with Gasteiger partial charge in [0.2, 0.25) is 5.91 Å². The predicted molar refractivity (Wildman–Crippen MR) is 147 cm³/mol. The van der Waals surface area contributed by atoms with E-state index < -0.39 is 24.1 Å². The molecule has 1 fully saturated rings. The number of nitrogen functional groups attached to an aromatic ring is 1. The van der Waals surface area contributed by atoms with E-state index in [4.69, 9.17) is 11.1 Å². The van der Waals surface area contributed by atoms with Crippen LogP contribution in [0.4, 0.5) is 5.00 Å². The zero-order valence-electron chi connectivity index (χ0n) is 21.1. The number of rotatable bonds is 10. The molecule has 2 aromatic carbocycles. The fourth-order valence-corrected chi connectivity index (χ4v) is 5.90. The molecule has 5 N–H and O–H groups in total. The Bertz CT molecular complexity index is 1270. The number of thiophene rings is 1. The van der Waals surface area contributed by atoms with Gasteiger partial charge in [-0.25, -0.2) is 0 Å². The molecule has 0 aliphatic carbocycles. The van der Waals surface area contributed by atoms with Crippen molar-refractivity contribution in [2.24, 2.45) is 5.73 Å². The molecule has 0 unspecified atom stereocenters. The number of amides is 2. The maximum atomic E-state index is 14.0. The summed E-state index contributed by atoms with van der Waals surface area (Å²) in [4.78, 5) is 42.6. The minimum Gasteiger partial charge on any atom is -0.480 e. The van der Waals surface area contributed by atoms with Gasteiger partial charge in [-0.15, -0.1) is 11.3 Å². The number of likely N-dealkylation sites (N-methyl/N-ethyl adjacent to an activating group) is 1. The summed E-state index contributed by atoms with van der Waals surface area (Å²) < 4.78 is 0. The number of nitrogens with zero attached hydrogens (tertiary/aromatic N) is 2. The topological polar surface area (TPSA) is 140 Å². The maximum Gasteiger partial charge on any atom is 0.317 e. The molecule has 1 aliphatic rings. The molecule has 0 saturated carbocycles. The second-order valence-electron chi connectivity index (χ2n) is 9.25. The van der Waals surface area contributed by atoms with Gasteiger partial charge >= 0.3 is 5.97 Å². The van der Waals surface area contributed by atoms with E-state index in [0.717, 1.165) is 16.0 Å². The summed E-state index contributed by atoms with van der Waals surface area (Å²) in [7, 11) is 1.45. The third-order valence-corrected chi connectivity index (χ3v) is 7.99. The van der Waals surface area contributed by atoms with E-state index in [-0.39, 0.29) is 24.1 Å². The molecule has 9 nitrogen and oxygen atoms in total. The molecule has 2 amide bonds. The Balaban J connectivity index is 1.64. The maximum absolute atomic E-state index is 14.0. The minimum atomic E-state index is -1.42. The quantitative estimate of drug-likeness (QED) is 0.232. The molecular weight excluding hydrogens is 502 g/mol. The smallest absolute Gasteiger partial charge is 0.317 e. The Hall–Kier alpha value is -4.02. The summed E-state index contributed by atoms with van der Waals surface area (Å²) in [5, 5.41) is 20.7. The number of carbonyl (C=O) groups is 3. The van der Waals surface area contributed by atoms with Gasteiger partial charge in [-0.3, -0.25) is 30.0 Å². The molecule has 4 rings (SSSR count). The van der Waals surface area contributed by atoms with Gasteiger partial charge < -0.3 is 15.7 Å². The van der Waals surface area contributed by atoms with Crippen molar-refractivity contribution in [1.29, 1.82) is 5.41 Å². The summed E-state index contributed by atoms with van der Waals surface area (Å²) in [6.07, 6.45) is 1.01. The highest BCUT2D eigenvalue weighted by Gasteiger charge is 2.50. The van der Waals surface area contributed by atoms with E-state index in [9.17, 15) is 19.5 Å². The van der Waals surface area contributed by atoms with Crippen molar-refractivity contribution < 1.29 is 19.5 Å². The number of carboxylic acids is 1. The normalized spacial score (nSPS) is 16.9. The second kappa shape index (κ2) is 11.6. The Labute approximate surface area is 225 Å². The van der Waals surface area contributed by atoms with Crippen LogP contribution in [-0.4, -0.2) is 59.4 Å². The van der Waals surface area contributed by atoms with Gasteiger partial charge in [0, 0.05) is 25.9 Å². The molecular formula is C28H31N5O4S. The molecule has 1 atom stereocenters. The molecule has 1 aromatic heterocycles. The number of hydrogen-bond acceptors (Lipinski definition) is 7. The molecule has 0 radical (unpaired) electrons. The minimum absolute atomic E-state index is 0.0682. The van der Waals surface area contributed by atoms with Crippen LogP contribution in [0.1, 0.15) is 41.2 Å². The Morgan fingerprint density at radius 2 is 1.68 bits per heavy atom. The summed E-state index contributed by atoms with van der Waals surface area (Å²) in [5.74, 6) is -2.33. The average molecular weight is 534 g/mol. The van der Waals surface area contributed by atoms with E-state index in [1.54, 1.807) is 17.0 Å². The molecule has 1 aliphatic heterocycles. The number of aliphatic carboxylic acids is 1. The molecule has 10 heteroatoms. The zero-order chi connectivity index (χ0) is 27.3. The zero-order valence-corrected chi connectivity index (χ0v) is 21.9. The lowest BCUT2D eigenvalue weighted by molar-refractivity contribution is -0.147. The summed E-state index contributed by atoms with van der Waals surface area (Å²) in [6, 6.07) is 22.8. The van der Waals surface area contributed by atoms with Crippen LogP contribution < -0.4 is 16.0 Å². The molecule has 198 valence electrons. The van der Waals surface area contributed by atoms with Crippen molar-refractivity contribution in [2.75, 3.05) is 25.0 Å². The number of carboxylic acid groups (broad SMARTS) is 1. The largest absolute Gasteiger partial charge is 0.480 e. The van der Waals surface area contributed by atoms with Crippen molar-refractivity contribution in [2.45, 2.75) is 30.8 Å². The van der Waals surface area contributed by atoms with Crippen molar-refractivity contribution in [3.05, 3.63) is 88.8 Å². The van der Waals surface area contributed by atoms with Gasteiger partial charge in [-0.05, 0) is 36.1 Å². The van der Waals surface area contributed by atoms with E-state index in [2.05, 4.69) is 5.32 Å². The summed E-state index contributed by atoms with van der Waals surface area (Å²) in [6.45, 7) is 0.0285. The standard InChI is InChI=1S/C28H31N5O4S/c1-32(23(34)17-21(19-9-4-2-5-10-19)20-11-6-3-7-12-20)27(37)28(31-18-25(35)36)15-8-16-33(28)24-14-13-22(38-24)26(29)30/h2-7,9-14,21,31H,8,15-18H2,1H3,(H3,29,30)(H,35,36)/t28-/m1/s1. The van der Waals surface area contributed by atoms with Crippen molar-refractivity contribution in [3.8, 4) is 0 Å². The van der Waals surface area contributed by atoms with E-state index in [1.807, 2.05) is 60.7 Å².